The quantitative estimate of drug-likeness (QED) is 0.717. The summed E-state index contributed by atoms with van der Waals surface area (Å²) in [6.07, 6.45) is 4.37. The second-order valence-electron chi connectivity index (χ2n) is 7.84. The van der Waals surface area contributed by atoms with Gasteiger partial charge in [-0.25, -0.2) is 4.79 Å². The number of allylic oxidation sites excluding steroid dienone is 1. The summed E-state index contributed by atoms with van der Waals surface area (Å²) in [7, 11) is 0. The molecule has 1 saturated heterocycles. The number of ether oxygens (including phenoxy) is 1. The van der Waals surface area contributed by atoms with Crippen LogP contribution in [0.2, 0.25) is 0 Å². The zero-order valence-electron chi connectivity index (χ0n) is 17.1. The first-order valence-electron chi connectivity index (χ1n) is 9.39. The van der Waals surface area contributed by atoms with Gasteiger partial charge in [-0.15, -0.1) is 0 Å². The van der Waals surface area contributed by atoms with Gasteiger partial charge in [-0.3, -0.25) is 14.5 Å². The molecule has 27 heavy (non-hydrogen) atoms. The maximum atomic E-state index is 12.9. The van der Waals surface area contributed by atoms with E-state index in [-0.39, 0.29) is 24.0 Å². The lowest BCUT2D eigenvalue weighted by atomic mass is 9.89. The van der Waals surface area contributed by atoms with E-state index in [1.54, 1.807) is 20.8 Å². The molecule has 1 fully saturated rings. The number of carbonyl (C=O) groups excluding carboxylic acids is 3. The number of nitriles is 1. The monoisotopic (exact) mass is 377 g/mol. The SMILES string of the molecule is C/C=C\[C@@H]1C[C@H](C#N)N(C(=O)OC(C)(C)C)[C@H]1[C@@H](NC(C)=O)C(=O)CCC. The predicted octanol–water partition coefficient (Wildman–Crippen LogP) is 2.95. The molecule has 0 aromatic rings. The van der Waals surface area contributed by atoms with Crippen LogP contribution in [0, 0.1) is 17.2 Å². The van der Waals surface area contributed by atoms with E-state index in [2.05, 4.69) is 11.4 Å². The van der Waals surface area contributed by atoms with Crippen LogP contribution in [0.3, 0.4) is 0 Å². The lowest BCUT2D eigenvalue weighted by Gasteiger charge is -2.35. The van der Waals surface area contributed by atoms with Crippen LogP contribution in [-0.2, 0) is 14.3 Å². The van der Waals surface area contributed by atoms with E-state index < -0.39 is 29.8 Å². The van der Waals surface area contributed by atoms with Crippen molar-refractivity contribution < 1.29 is 19.1 Å². The summed E-state index contributed by atoms with van der Waals surface area (Å²) in [5.74, 6) is -0.739. The summed E-state index contributed by atoms with van der Waals surface area (Å²) in [5, 5.41) is 12.3. The molecule has 0 spiro atoms. The van der Waals surface area contributed by atoms with Crippen molar-refractivity contribution in [3.8, 4) is 6.07 Å². The first-order chi connectivity index (χ1) is 12.6. The normalized spacial score (nSPS) is 23.7. The zero-order valence-corrected chi connectivity index (χ0v) is 17.1. The molecule has 7 heteroatoms. The standard InChI is InChI=1S/C20H31N3O4/c1-7-9-14-11-15(12-21)23(19(26)27-20(4,5)6)18(14)17(22-13(3)24)16(25)10-8-2/h7,9,14-15,17-18H,8,10-11H2,1-6H3,(H,22,24)/b9-7-/t14-,15-,17+,18-/m1/s1. The number of amides is 2. The third-order valence-electron chi connectivity index (χ3n) is 4.33. The van der Waals surface area contributed by atoms with Crippen LogP contribution in [0.1, 0.15) is 60.8 Å². The van der Waals surface area contributed by atoms with Crippen molar-refractivity contribution >= 4 is 17.8 Å². The molecular weight excluding hydrogens is 346 g/mol. The fraction of sp³-hybridized carbons (Fsp3) is 0.700. The van der Waals surface area contributed by atoms with Crippen molar-refractivity contribution in [2.75, 3.05) is 0 Å². The lowest BCUT2D eigenvalue weighted by molar-refractivity contribution is -0.128. The highest BCUT2D eigenvalue weighted by Gasteiger charge is 2.50. The molecule has 1 rings (SSSR count). The van der Waals surface area contributed by atoms with Crippen LogP contribution >= 0.6 is 0 Å². The summed E-state index contributed by atoms with van der Waals surface area (Å²) in [6.45, 7) is 10.3. The van der Waals surface area contributed by atoms with Crippen LogP contribution in [0.5, 0.6) is 0 Å². The highest BCUT2D eigenvalue weighted by atomic mass is 16.6. The fourth-order valence-corrected chi connectivity index (χ4v) is 3.43. The van der Waals surface area contributed by atoms with Crippen molar-refractivity contribution in [2.45, 2.75) is 84.5 Å². The first-order valence-corrected chi connectivity index (χ1v) is 9.39. The van der Waals surface area contributed by atoms with Gasteiger partial charge in [0.25, 0.3) is 0 Å². The fourth-order valence-electron chi connectivity index (χ4n) is 3.43. The third kappa shape index (κ3) is 6.09. The Kier molecular flexibility index (Phi) is 8.01. The highest BCUT2D eigenvalue weighted by Crippen LogP contribution is 2.35. The Balaban J connectivity index is 3.39. The van der Waals surface area contributed by atoms with Gasteiger partial charge in [0.05, 0.1) is 12.1 Å². The summed E-state index contributed by atoms with van der Waals surface area (Å²) in [5.41, 5.74) is -0.739. The van der Waals surface area contributed by atoms with Gasteiger partial charge >= 0.3 is 6.09 Å². The molecule has 1 aliphatic rings. The van der Waals surface area contributed by atoms with Crippen LogP contribution in [-0.4, -0.2) is 46.4 Å². The molecule has 2 amide bonds. The van der Waals surface area contributed by atoms with E-state index >= 15 is 0 Å². The maximum Gasteiger partial charge on any atom is 0.411 e. The van der Waals surface area contributed by atoms with Crippen molar-refractivity contribution in [1.29, 1.82) is 5.26 Å². The Morgan fingerprint density at radius 2 is 2.00 bits per heavy atom. The van der Waals surface area contributed by atoms with Gasteiger partial charge in [-0.05, 0) is 40.5 Å². The van der Waals surface area contributed by atoms with Gasteiger partial charge in [-0.2, -0.15) is 5.26 Å². The summed E-state index contributed by atoms with van der Waals surface area (Å²) >= 11 is 0. The first kappa shape index (κ1) is 22.7. The topological polar surface area (TPSA) is 99.5 Å². The van der Waals surface area contributed by atoms with Crippen molar-refractivity contribution in [2.24, 2.45) is 5.92 Å². The minimum Gasteiger partial charge on any atom is -0.444 e. The summed E-state index contributed by atoms with van der Waals surface area (Å²) in [6, 6.07) is -0.123. The Hall–Kier alpha value is -2.36. The van der Waals surface area contributed by atoms with Crippen molar-refractivity contribution in [3.63, 3.8) is 0 Å². The van der Waals surface area contributed by atoms with Crippen LogP contribution < -0.4 is 5.32 Å². The van der Waals surface area contributed by atoms with Crippen LogP contribution in [0.15, 0.2) is 12.2 Å². The number of hydrogen-bond acceptors (Lipinski definition) is 5. The van der Waals surface area contributed by atoms with Gasteiger partial charge in [0.2, 0.25) is 5.91 Å². The minimum atomic E-state index is -0.880. The van der Waals surface area contributed by atoms with Gasteiger partial charge < -0.3 is 10.1 Å². The van der Waals surface area contributed by atoms with Gasteiger partial charge in [-0.1, -0.05) is 19.1 Å². The molecule has 0 aliphatic carbocycles. The Labute approximate surface area is 161 Å². The molecule has 0 unspecified atom stereocenters. The minimum absolute atomic E-state index is 0.153. The Morgan fingerprint density at radius 1 is 1.37 bits per heavy atom. The molecule has 1 heterocycles. The van der Waals surface area contributed by atoms with E-state index in [9.17, 15) is 19.6 Å². The molecule has 1 N–H and O–H groups in total. The van der Waals surface area contributed by atoms with Crippen LogP contribution in [0.4, 0.5) is 4.79 Å². The molecule has 0 radical (unpaired) electrons. The van der Waals surface area contributed by atoms with Crippen molar-refractivity contribution in [3.05, 3.63) is 12.2 Å². The van der Waals surface area contributed by atoms with E-state index in [0.29, 0.717) is 12.8 Å². The van der Waals surface area contributed by atoms with E-state index in [0.717, 1.165) is 0 Å². The number of nitrogens with zero attached hydrogens (tertiary/aromatic N) is 2. The van der Waals surface area contributed by atoms with E-state index in [1.807, 2.05) is 26.0 Å². The molecule has 0 bridgehead atoms. The number of likely N-dealkylation sites (tertiary alicyclic amines) is 1. The molecule has 0 aromatic heterocycles. The molecule has 150 valence electrons. The summed E-state index contributed by atoms with van der Waals surface area (Å²) < 4.78 is 5.49. The molecule has 0 saturated carbocycles. The van der Waals surface area contributed by atoms with E-state index in [1.165, 1.54) is 11.8 Å². The second kappa shape index (κ2) is 9.54. The number of hydrogen-bond donors (Lipinski definition) is 1. The number of Topliss-reactive ketones (excluding diaryl/α,β-unsaturated/α-hetero) is 1. The largest absolute Gasteiger partial charge is 0.444 e. The number of nitrogens with one attached hydrogen (secondary N) is 1. The average Bonchev–Trinajstić information content (AvgIpc) is 2.89. The smallest absolute Gasteiger partial charge is 0.411 e. The molecule has 7 nitrogen and oxygen atoms in total. The highest BCUT2D eigenvalue weighted by molar-refractivity contribution is 5.90. The predicted molar refractivity (Wildman–Crippen MR) is 102 cm³/mol. The molecule has 0 aromatic carbocycles. The Morgan fingerprint density at radius 3 is 2.44 bits per heavy atom. The maximum absolute atomic E-state index is 12.9. The zero-order chi connectivity index (χ0) is 20.8. The molecule has 4 atom stereocenters. The third-order valence-corrected chi connectivity index (χ3v) is 4.33. The summed E-state index contributed by atoms with van der Waals surface area (Å²) in [4.78, 5) is 38.7. The molecular formula is C20H31N3O4. The number of rotatable bonds is 6. The van der Waals surface area contributed by atoms with Gasteiger partial charge in [0.15, 0.2) is 5.78 Å². The number of ketones is 1. The molecule has 1 aliphatic heterocycles. The van der Waals surface area contributed by atoms with Gasteiger partial charge in [0, 0.05) is 19.3 Å². The van der Waals surface area contributed by atoms with Gasteiger partial charge in [0.1, 0.15) is 17.7 Å². The van der Waals surface area contributed by atoms with E-state index in [4.69, 9.17) is 4.74 Å². The van der Waals surface area contributed by atoms with Crippen LogP contribution in [0.25, 0.3) is 0 Å². The average molecular weight is 377 g/mol. The van der Waals surface area contributed by atoms with Crippen molar-refractivity contribution in [1.82, 2.24) is 10.2 Å². The number of carbonyl (C=O) groups is 3. The lowest BCUT2D eigenvalue weighted by Crippen LogP contribution is -2.58. The second-order valence-corrected chi connectivity index (χ2v) is 7.84. The Bertz CT molecular complexity index is 630.